The van der Waals surface area contributed by atoms with Gasteiger partial charge in [-0.3, -0.25) is 4.79 Å². The molecule has 0 saturated heterocycles. The van der Waals surface area contributed by atoms with Crippen LogP contribution < -0.4 is 0 Å². The summed E-state index contributed by atoms with van der Waals surface area (Å²) >= 11 is 0. The summed E-state index contributed by atoms with van der Waals surface area (Å²) in [7, 11) is 1.27. The first-order chi connectivity index (χ1) is 14.1. The van der Waals surface area contributed by atoms with Crippen molar-refractivity contribution >= 4 is 5.97 Å². The molecule has 0 aromatic rings. The first-order valence-corrected chi connectivity index (χ1v) is 8.60. The first-order valence-electron chi connectivity index (χ1n) is 10.6. The van der Waals surface area contributed by atoms with Gasteiger partial charge in [0.25, 0.3) is 0 Å². The van der Waals surface area contributed by atoms with E-state index in [1.807, 2.05) is 0 Å². The molecule has 0 aliphatic rings. The Bertz CT molecular complexity index is 683. The van der Waals surface area contributed by atoms with Gasteiger partial charge in [0.1, 0.15) is 0 Å². The Hall–Kier alpha value is -1.95. The second kappa shape index (κ2) is 16.5. The number of carbonyl (C=O) groups is 1. The van der Waals surface area contributed by atoms with Crippen molar-refractivity contribution in [2.45, 2.75) is 57.3 Å². The van der Waals surface area contributed by atoms with Crippen molar-refractivity contribution in [1.29, 1.82) is 0 Å². The molecule has 0 radical (unpaired) electrons. The molecule has 0 fully saturated rings. The Morgan fingerprint density at radius 2 is 1.77 bits per heavy atom. The van der Waals surface area contributed by atoms with Crippen LogP contribution in [0.4, 0.5) is 0 Å². The molecule has 5 heteroatoms. The molecule has 0 aliphatic carbocycles. The van der Waals surface area contributed by atoms with E-state index in [4.69, 9.17) is 5.48 Å². The van der Waals surface area contributed by atoms with Crippen LogP contribution in [0.15, 0.2) is 60.7 Å². The van der Waals surface area contributed by atoms with Crippen LogP contribution >= 0.6 is 0 Å². The summed E-state index contributed by atoms with van der Waals surface area (Å²) in [4.78, 5) is 11.0. The molecular weight excluding hydrogens is 332 g/mol. The van der Waals surface area contributed by atoms with Gasteiger partial charge in [-0.1, -0.05) is 67.6 Å². The fourth-order valence-corrected chi connectivity index (χ4v) is 1.64. The van der Waals surface area contributed by atoms with E-state index in [-0.39, 0.29) is 43.5 Å². The molecule has 0 spiro atoms. The maximum atomic E-state index is 11.0. The maximum Gasteiger partial charge on any atom is 0.305 e. The van der Waals surface area contributed by atoms with Gasteiger partial charge in [0, 0.05) is 6.42 Å². The Morgan fingerprint density at radius 1 is 1.04 bits per heavy atom. The van der Waals surface area contributed by atoms with Gasteiger partial charge in [0.05, 0.1) is 30.9 Å². The lowest BCUT2D eigenvalue weighted by Gasteiger charge is -2.03. The third-order valence-corrected chi connectivity index (χ3v) is 3.19. The number of aliphatic hydroxyl groups excluding tert-OH is 3. The number of hydrogen-bond acceptors (Lipinski definition) is 5. The zero-order chi connectivity index (χ0) is 23.1. The summed E-state index contributed by atoms with van der Waals surface area (Å²) < 4.78 is 35.6. The fourth-order valence-electron chi connectivity index (χ4n) is 1.64. The molecule has 0 amide bonds. The highest BCUT2D eigenvalue weighted by Crippen LogP contribution is 2.03. The van der Waals surface area contributed by atoms with Crippen molar-refractivity contribution in [2.24, 2.45) is 0 Å². The Kier molecular flexibility index (Phi) is 11.1. The topological polar surface area (TPSA) is 87.0 Å². The minimum absolute atomic E-state index is 0.0814. The largest absolute Gasteiger partial charge is 0.469 e. The number of allylic oxidation sites excluding steroid dienone is 6. The van der Waals surface area contributed by atoms with Gasteiger partial charge in [-0.2, -0.15) is 0 Å². The Balaban J connectivity index is 4.68. The Labute approximate surface area is 162 Å². The number of methoxy groups -OCH3 is 1. The summed E-state index contributed by atoms with van der Waals surface area (Å²) in [5.74, 6) is -0.398. The maximum absolute atomic E-state index is 11.0. The van der Waals surface area contributed by atoms with E-state index in [0.29, 0.717) is 12.8 Å². The number of esters is 1. The second-order valence-corrected chi connectivity index (χ2v) is 5.44. The lowest BCUT2D eigenvalue weighted by Crippen LogP contribution is -2.05. The van der Waals surface area contributed by atoms with Crippen LogP contribution in [0.25, 0.3) is 0 Å². The summed E-state index contributed by atoms with van der Waals surface area (Å²) in [5, 5.41) is 29.2. The average Bonchev–Trinajstić information content (AvgIpc) is 2.73. The van der Waals surface area contributed by atoms with Crippen molar-refractivity contribution < 1.29 is 30.3 Å². The molecular formula is C21H32O5. The van der Waals surface area contributed by atoms with Crippen molar-refractivity contribution in [3.8, 4) is 0 Å². The minimum Gasteiger partial charge on any atom is -0.469 e. The van der Waals surface area contributed by atoms with Gasteiger partial charge in [0.2, 0.25) is 0 Å². The molecule has 0 rings (SSSR count). The van der Waals surface area contributed by atoms with Gasteiger partial charge in [0.15, 0.2) is 0 Å². The zero-order valence-corrected chi connectivity index (χ0v) is 15.4. The number of carbonyl (C=O) groups excluding carboxylic acids is 1. The summed E-state index contributed by atoms with van der Waals surface area (Å²) in [6.45, 7) is 1.79. The fraction of sp³-hybridized carbons (Fsp3) is 0.476. The molecule has 0 aromatic heterocycles. The van der Waals surface area contributed by atoms with Crippen LogP contribution in [-0.4, -0.2) is 46.7 Å². The predicted molar refractivity (Wildman–Crippen MR) is 104 cm³/mol. The smallest absolute Gasteiger partial charge is 0.305 e. The molecule has 3 atom stereocenters. The zero-order valence-electron chi connectivity index (χ0n) is 19.4. The monoisotopic (exact) mass is 368 g/mol. The van der Waals surface area contributed by atoms with Crippen LogP contribution in [0, 0.1) is 0 Å². The van der Waals surface area contributed by atoms with Crippen LogP contribution in [0.2, 0.25) is 0 Å². The van der Waals surface area contributed by atoms with Crippen molar-refractivity contribution in [2.75, 3.05) is 7.11 Å². The first kappa shape index (κ1) is 17.5. The number of ether oxygens (including phenoxy) is 1. The van der Waals surface area contributed by atoms with Gasteiger partial charge in [-0.15, -0.1) is 0 Å². The highest BCUT2D eigenvalue weighted by Gasteiger charge is 2.03. The van der Waals surface area contributed by atoms with Crippen LogP contribution in [0.1, 0.15) is 44.5 Å². The molecule has 0 bridgehead atoms. The molecule has 0 saturated carbocycles. The third-order valence-electron chi connectivity index (χ3n) is 3.19. The number of rotatable bonds is 13. The molecule has 26 heavy (non-hydrogen) atoms. The lowest BCUT2D eigenvalue weighted by molar-refractivity contribution is -0.140. The van der Waals surface area contributed by atoms with Gasteiger partial charge >= 0.3 is 5.97 Å². The van der Waals surface area contributed by atoms with Crippen LogP contribution in [-0.2, 0) is 9.53 Å². The molecule has 0 aliphatic heterocycles. The highest BCUT2D eigenvalue weighted by molar-refractivity contribution is 5.68. The molecule has 0 heterocycles. The van der Waals surface area contributed by atoms with E-state index in [2.05, 4.69) is 4.74 Å². The van der Waals surface area contributed by atoms with Gasteiger partial charge in [-0.05, 0) is 25.7 Å². The SMILES string of the molecule is [2H]C(C=CC(O)CC)=C([2H])CC(O)C=CC=CC([2H])=C([2H])C(O)CCCC(=O)OC. The predicted octanol–water partition coefficient (Wildman–Crippen LogP) is 2.99. The standard InChI is InChI=1S/C21H32O5/c1-3-18(22)12-9-6-10-15-19(23)13-7-4-5-8-14-20(24)16-11-17-21(25)26-2/h4-10,12-14,18-20,22-24H,3,11,15-17H2,1-2H3/i6D,8D,10D,14D. The molecule has 5 nitrogen and oxygen atoms in total. The molecule has 146 valence electrons. The van der Waals surface area contributed by atoms with E-state index < -0.39 is 24.3 Å². The summed E-state index contributed by atoms with van der Waals surface area (Å²) in [6.07, 6.45) is 6.51. The van der Waals surface area contributed by atoms with E-state index in [1.165, 1.54) is 43.6 Å². The van der Waals surface area contributed by atoms with E-state index >= 15 is 0 Å². The summed E-state index contributed by atoms with van der Waals surface area (Å²) in [6, 6.07) is -0.655. The van der Waals surface area contributed by atoms with Crippen molar-refractivity contribution in [3.05, 3.63) is 60.7 Å². The molecule has 3 unspecified atom stereocenters. The van der Waals surface area contributed by atoms with Crippen molar-refractivity contribution in [1.82, 2.24) is 0 Å². The van der Waals surface area contributed by atoms with Crippen LogP contribution in [0.5, 0.6) is 0 Å². The average molecular weight is 369 g/mol. The Morgan fingerprint density at radius 3 is 2.46 bits per heavy atom. The molecule has 0 aromatic carbocycles. The third kappa shape index (κ3) is 15.6. The lowest BCUT2D eigenvalue weighted by atomic mass is 10.1. The van der Waals surface area contributed by atoms with Crippen molar-refractivity contribution in [3.63, 3.8) is 0 Å². The van der Waals surface area contributed by atoms with Gasteiger partial charge in [-0.25, -0.2) is 0 Å². The van der Waals surface area contributed by atoms with E-state index in [0.717, 1.165) is 0 Å². The quantitative estimate of drug-likeness (QED) is 0.344. The highest BCUT2D eigenvalue weighted by atomic mass is 16.5. The number of hydrogen-bond donors (Lipinski definition) is 3. The normalized spacial score (nSPS) is 20.0. The molecule has 3 N–H and O–H groups in total. The van der Waals surface area contributed by atoms with Crippen LogP contribution in [0.3, 0.4) is 0 Å². The minimum atomic E-state index is -1.16. The second-order valence-electron chi connectivity index (χ2n) is 5.44. The van der Waals surface area contributed by atoms with Gasteiger partial charge < -0.3 is 20.1 Å². The van der Waals surface area contributed by atoms with E-state index in [9.17, 15) is 20.1 Å². The summed E-state index contributed by atoms with van der Waals surface area (Å²) in [5.41, 5.74) is 0. The number of aliphatic hydroxyl groups is 3. The van der Waals surface area contributed by atoms with E-state index in [1.54, 1.807) is 6.92 Å².